The normalized spacial score (nSPS) is 14.2. The van der Waals surface area contributed by atoms with Gasteiger partial charge in [-0.1, -0.05) is 30.3 Å². The number of aliphatic hydroxyl groups excluding tert-OH is 1. The Kier molecular flexibility index (Phi) is 4.77. The summed E-state index contributed by atoms with van der Waals surface area (Å²) in [6.07, 6.45) is 0.254. The van der Waals surface area contributed by atoms with Gasteiger partial charge in [-0.05, 0) is 12.5 Å². The Morgan fingerprint density at radius 3 is 2.56 bits per heavy atom. The van der Waals surface area contributed by atoms with Gasteiger partial charge in [0.1, 0.15) is 0 Å². The van der Waals surface area contributed by atoms with Crippen molar-refractivity contribution in [3.63, 3.8) is 0 Å². The van der Waals surface area contributed by atoms with E-state index in [0.29, 0.717) is 0 Å². The van der Waals surface area contributed by atoms with Crippen molar-refractivity contribution < 1.29 is 9.90 Å². The van der Waals surface area contributed by atoms with Crippen LogP contribution >= 0.6 is 11.6 Å². The summed E-state index contributed by atoms with van der Waals surface area (Å²) in [6, 6.07) is 9.38. The van der Waals surface area contributed by atoms with E-state index in [1.165, 1.54) is 0 Å². The van der Waals surface area contributed by atoms with Crippen LogP contribution in [0, 0.1) is 0 Å². The molecule has 88 valence electrons. The monoisotopic (exact) mass is 241 g/mol. The molecule has 1 aromatic carbocycles. The van der Waals surface area contributed by atoms with Crippen molar-refractivity contribution in [2.75, 3.05) is 12.5 Å². The molecule has 0 bridgehead atoms. The molecule has 1 aromatic rings. The van der Waals surface area contributed by atoms with Crippen molar-refractivity contribution in [2.45, 2.75) is 18.9 Å². The topological polar surface area (TPSA) is 49.3 Å². The predicted molar refractivity (Wildman–Crippen MR) is 64.4 cm³/mol. The molecule has 0 heterocycles. The molecule has 0 aliphatic heterocycles. The second-order valence-corrected chi connectivity index (χ2v) is 4.22. The Hall–Kier alpha value is -1.06. The molecule has 0 fully saturated rings. The van der Waals surface area contributed by atoms with Crippen molar-refractivity contribution in [2.24, 2.45) is 0 Å². The van der Waals surface area contributed by atoms with Crippen LogP contribution in [0.5, 0.6) is 0 Å². The van der Waals surface area contributed by atoms with Crippen LogP contribution in [0.25, 0.3) is 0 Å². The molecule has 1 atom stereocenters. The van der Waals surface area contributed by atoms with E-state index in [2.05, 4.69) is 5.32 Å². The van der Waals surface area contributed by atoms with Gasteiger partial charge >= 0.3 is 0 Å². The summed E-state index contributed by atoms with van der Waals surface area (Å²) in [5, 5.41) is 12.2. The Morgan fingerprint density at radius 1 is 1.44 bits per heavy atom. The van der Waals surface area contributed by atoms with E-state index in [0.717, 1.165) is 5.56 Å². The van der Waals surface area contributed by atoms with Crippen molar-refractivity contribution in [1.29, 1.82) is 0 Å². The van der Waals surface area contributed by atoms with Crippen LogP contribution in [0.4, 0.5) is 0 Å². The minimum Gasteiger partial charge on any atom is -0.394 e. The van der Waals surface area contributed by atoms with Crippen molar-refractivity contribution in [3.05, 3.63) is 35.9 Å². The average molecular weight is 242 g/mol. The molecule has 0 saturated heterocycles. The van der Waals surface area contributed by atoms with Gasteiger partial charge in [0.25, 0.3) is 0 Å². The standard InChI is InChI=1S/C12H16ClNO2/c1-12(9-15,14-11(16)7-8-13)10-5-3-2-4-6-10/h2-6,15H,7-9H2,1H3,(H,14,16). The van der Waals surface area contributed by atoms with E-state index in [-0.39, 0.29) is 24.8 Å². The van der Waals surface area contributed by atoms with E-state index >= 15 is 0 Å². The number of hydrogen-bond donors (Lipinski definition) is 2. The number of halogens is 1. The third-order valence-electron chi connectivity index (χ3n) is 2.46. The van der Waals surface area contributed by atoms with E-state index < -0.39 is 5.54 Å². The molecular formula is C12H16ClNO2. The third-order valence-corrected chi connectivity index (χ3v) is 2.65. The second-order valence-electron chi connectivity index (χ2n) is 3.84. The van der Waals surface area contributed by atoms with Crippen LogP contribution < -0.4 is 5.32 Å². The highest BCUT2D eigenvalue weighted by Gasteiger charge is 2.27. The number of carbonyl (C=O) groups is 1. The fraction of sp³-hybridized carbons (Fsp3) is 0.417. The maximum atomic E-state index is 11.5. The minimum atomic E-state index is -0.746. The van der Waals surface area contributed by atoms with E-state index in [1.54, 1.807) is 6.92 Å². The lowest BCUT2D eigenvalue weighted by Crippen LogP contribution is -2.46. The number of alkyl halides is 1. The number of benzene rings is 1. The number of amides is 1. The summed E-state index contributed by atoms with van der Waals surface area (Å²) in [7, 11) is 0. The van der Waals surface area contributed by atoms with Gasteiger partial charge in [-0.3, -0.25) is 4.79 Å². The van der Waals surface area contributed by atoms with Crippen molar-refractivity contribution >= 4 is 17.5 Å². The summed E-state index contributed by atoms with van der Waals surface area (Å²) in [5.74, 6) is 0.123. The van der Waals surface area contributed by atoms with Gasteiger partial charge in [0.15, 0.2) is 0 Å². The summed E-state index contributed by atoms with van der Waals surface area (Å²) in [4.78, 5) is 11.5. The Balaban J connectivity index is 2.82. The molecule has 1 amide bonds. The molecule has 3 nitrogen and oxygen atoms in total. The van der Waals surface area contributed by atoms with E-state index in [1.807, 2.05) is 30.3 Å². The Bertz CT molecular complexity index is 342. The van der Waals surface area contributed by atoms with Crippen LogP contribution in [0.2, 0.25) is 0 Å². The van der Waals surface area contributed by atoms with Gasteiger partial charge in [-0.2, -0.15) is 0 Å². The molecule has 0 aliphatic rings. The number of rotatable bonds is 5. The summed E-state index contributed by atoms with van der Waals surface area (Å²) in [5.41, 5.74) is 0.130. The highest BCUT2D eigenvalue weighted by Crippen LogP contribution is 2.19. The zero-order valence-electron chi connectivity index (χ0n) is 9.24. The molecule has 2 N–H and O–H groups in total. The lowest BCUT2D eigenvalue weighted by Gasteiger charge is -2.29. The van der Waals surface area contributed by atoms with Gasteiger partial charge in [0.05, 0.1) is 12.1 Å². The van der Waals surface area contributed by atoms with Crippen LogP contribution in [0.15, 0.2) is 30.3 Å². The van der Waals surface area contributed by atoms with Crippen LogP contribution in [-0.2, 0) is 10.3 Å². The molecule has 0 spiro atoms. The fourth-order valence-electron chi connectivity index (χ4n) is 1.47. The minimum absolute atomic E-state index is 0.148. The molecule has 16 heavy (non-hydrogen) atoms. The molecule has 4 heteroatoms. The first-order valence-electron chi connectivity index (χ1n) is 5.16. The first kappa shape index (κ1) is 13.0. The maximum absolute atomic E-state index is 11.5. The first-order chi connectivity index (χ1) is 7.62. The van der Waals surface area contributed by atoms with Crippen LogP contribution in [0.3, 0.4) is 0 Å². The zero-order valence-corrected chi connectivity index (χ0v) is 10.00. The molecule has 0 saturated carbocycles. The largest absolute Gasteiger partial charge is 0.394 e. The van der Waals surface area contributed by atoms with Crippen LogP contribution in [0.1, 0.15) is 18.9 Å². The summed E-state index contributed by atoms with van der Waals surface area (Å²) < 4.78 is 0. The number of carbonyl (C=O) groups excluding carboxylic acids is 1. The highest BCUT2D eigenvalue weighted by molar-refractivity contribution is 6.18. The van der Waals surface area contributed by atoms with Gasteiger partial charge in [-0.15, -0.1) is 11.6 Å². The zero-order chi connectivity index (χ0) is 12.0. The highest BCUT2D eigenvalue weighted by atomic mass is 35.5. The second kappa shape index (κ2) is 5.87. The number of hydrogen-bond acceptors (Lipinski definition) is 2. The molecular weight excluding hydrogens is 226 g/mol. The number of nitrogens with one attached hydrogen (secondary N) is 1. The molecule has 0 aliphatic carbocycles. The van der Waals surface area contributed by atoms with Gasteiger partial charge in [0, 0.05) is 12.3 Å². The molecule has 1 unspecified atom stereocenters. The molecule has 0 aromatic heterocycles. The molecule has 0 radical (unpaired) electrons. The first-order valence-corrected chi connectivity index (χ1v) is 5.69. The SMILES string of the molecule is CC(CO)(NC(=O)CCCl)c1ccccc1. The maximum Gasteiger partial charge on any atom is 0.221 e. The quantitative estimate of drug-likeness (QED) is 0.770. The third kappa shape index (κ3) is 3.22. The van der Waals surface area contributed by atoms with Crippen molar-refractivity contribution in [1.82, 2.24) is 5.32 Å². The van der Waals surface area contributed by atoms with Gasteiger partial charge in [-0.25, -0.2) is 0 Å². The van der Waals surface area contributed by atoms with Crippen molar-refractivity contribution in [3.8, 4) is 0 Å². The Morgan fingerprint density at radius 2 is 2.06 bits per heavy atom. The van der Waals surface area contributed by atoms with Gasteiger partial charge < -0.3 is 10.4 Å². The Labute approximate surface area is 100 Å². The fourth-order valence-corrected chi connectivity index (χ4v) is 1.64. The lowest BCUT2D eigenvalue weighted by atomic mass is 9.93. The summed E-state index contributed by atoms with van der Waals surface area (Å²) in [6.45, 7) is 1.64. The smallest absolute Gasteiger partial charge is 0.221 e. The van der Waals surface area contributed by atoms with Gasteiger partial charge in [0.2, 0.25) is 5.91 Å². The lowest BCUT2D eigenvalue weighted by molar-refractivity contribution is -0.123. The average Bonchev–Trinajstić information content (AvgIpc) is 2.30. The van der Waals surface area contributed by atoms with Crippen LogP contribution in [-0.4, -0.2) is 23.5 Å². The van der Waals surface area contributed by atoms with E-state index in [9.17, 15) is 9.90 Å². The van der Waals surface area contributed by atoms with E-state index in [4.69, 9.17) is 11.6 Å². The summed E-state index contributed by atoms with van der Waals surface area (Å²) >= 11 is 5.49. The molecule has 1 rings (SSSR count). The predicted octanol–water partition coefficient (Wildman–Crippen LogP) is 1.64. The number of aliphatic hydroxyl groups is 1.